The van der Waals surface area contributed by atoms with E-state index < -0.39 is 17.9 Å². The molecule has 12 heteroatoms. The summed E-state index contributed by atoms with van der Waals surface area (Å²) in [4.78, 5) is 22.9. The normalized spacial score (nSPS) is 11.3. The lowest BCUT2D eigenvalue weighted by molar-refractivity contribution is -0.141. The minimum Gasteiger partial charge on any atom is -0.332 e. The molecule has 0 spiro atoms. The average Bonchev–Trinajstić information content (AvgIpc) is 3.05. The number of carbonyl (C=O) groups is 1. The van der Waals surface area contributed by atoms with Crippen molar-refractivity contribution in [3.05, 3.63) is 59.4 Å². The van der Waals surface area contributed by atoms with Gasteiger partial charge in [0.15, 0.2) is 5.69 Å². The lowest BCUT2D eigenvalue weighted by atomic mass is 10.3. The molecule has 0 unspecified atom stereocenters. The first kappa shape index (κ1) is 18.6. The topological polar surface area (TPSA) is 97.6 Å². The minimum atomic E-state index is -4.63. The molecule has 2 aromatic heterocycles. The van der Waals surface area contributed by atoms with Crippen LogP contribution in [-0.2, 0) is 12.7 Å². The van der Waals surface area contributed by atoms with Gasteiger partial charge >= 0.3 is 12.2 Å². The van der Waals surface area contributed by atoms with Crippen molar-refractivity contribution in [1.29, 1.82) is 0 Å². The summed E-state index contributed by atoms with van der Waals surface area (Å²) in [7, 11) is 0. The van der Waals surface area contributed by atoms with Gasteiger partial charge in [-0.2, -0.15) is 18.3 Å². The second kappa shape index (κ2) is 7.58. The highest BCUT2D eigenvalue weighted by Crippen LogP contribution is 2.30. The SMILES string of the molecule is O=C(NCc1cc(C(F)(F)F)nn1-c1cccc(Cl)c1)Nc1ncncn1. The molecular formula is C15H11ClF3N7O. The van der Waals surface area contributed by atoms with Crippen molar-refractivity contribution in [3.8, 4) is 5.69 Å². The van der Waals surface area contributed by atoms with Crippen LogP contribution in [0, 0.1) is 0 Å². The van der Waals surface area contributed by atoms with Gasteiger partial charge in [0.1, 0.15) is 12.7 Å². The number of carbonyl (C=O) groups excluding carboxylic acids is 1. The zero-order valence-electron chi connectivity index (χ0n) is 13.4. The van der Waals surface area contributed by atoms with Crippen LogP contribution in [0.2, 0.25) is 5.02 Å². The van der Waals surface area contributed by atoms with E-state index in [0.29, 0.717) is 10.7 Å². The Balaban J connectivity index is 1.81. The summed E-state index contributed by atoms with van der Waals surface area (Å²) in [5, 5.41) is 8.68. The zero-order chi connectivity index (χ0) is 19.4. The number of aromatic nitrogens is 5. The Bertz CT molecular complexity index is 946. The Morgan fingerprint density at radius 3 is 2.59 bits per heavy atom. The summed E-state index contributed by atoms with van der Waals surface area (Å²) < 4.78 is 40.2. The lowest BCUT2D eigenvalue weighted by Crippen LogP contribution is -2.29. The monoisotopic (exact) mass is 397 g/mol. The molecule has 0 fully saturated rings. The number of benzene rings is 1. The molecule has 2 amide bonds. The number of hydrogen-bond acceptors (Lipinski definition) is 5. The Hall–Kier alpha value is -3.21. The van der Waals surface area contributed by atoms with Crippen LogP contribution in [0.1, 0.15) is 11.4 Å². The highest BCUT2D eigenvalue weighted by Gasteiger charge is 2.35. The van der Waals surface area contributed by atoms with Crippen molar-refractivity contribution in [2.45, 2.75) is 12.7 Å². The molecule has 0 saturated carbocycles. The second-order valence-corrected chi connectivity index (χ2v) is 5.62. The lowest BCUT2D eigenvalue weighted by Gasteiger charge is -2.09. The van der Waals surface area contributed by atoms with Crippen LogP contribution >= 0.6 is 11.6 Å². The van der Waals surface area contributed by atoms with E-state index in [2.05, 4.69) is 30.7 Å². The maximum absolute atomic E-state index is 13.0. The van der Waals surface area contributed by atoms with Crippen molar-refractivity contribution < 1.29 is 18.0 Å². The van der Waals surface area contributed by atoms with E-state index in [1.807, 2.05) is 0 Å². The maximum Gasteiger partial charge on any atom is 0.435 e. The van der Waals surface area contributed by atoms with Crippen LogP contribution < -0.4 is 10.6 Å². The van der Waals surface area contributed by atoms with Crippen LogP contribution in [0.25, 0.3) is 5.69 Å². The van der Waals surface area contributed by atoms with E-state index >= 15 is 0 Å². The van der Waals surface area contributed by atoms with Gasteiger partial charge in [0.2, 0.25) is 5.95 Å². The van der Waals surface area contributed by atoms with Crippen molar-refractivity contribution in [2.24, 2.45) is 0 Å². The molecule has 27 heavy (non-hydrogen) atoms. The van der Waals surface area contributed by atoms with E-state index in [9.17, 15) is 18.0 Å². The van der Waals surface area contributed by atoms with Gasteiger partial charge in [-0.1, -0.05) is 17.7 Å². The Morgan fingerprint density at radius 2 is 1.93 bits per heavy atom. The molecular weight excluding hydrogens is 387 g/mol. The number of nitrogens with zero attached hydrogens (tertiary/aromatic N) is 5. The number of nitrogens with one attached hydrogen (secondary N) is 2. The van der Waals surface area contributed by atoms with Gasteiger partial charge in [-0.05, 0) is 24.3 Å². The number of amides is 2. The smallest absolute Gasteiger partial charge is 0.332 e. The molecule has 0 atom stereocenters. The second-order valence-electron chi connectivity index (χ2n) is 5.18. The predicted octanol–water partition coefficient (Wildman–Crippen LogP) is 3.05. The molecule has 0 bridgehead atoms. The summed E-state index contributed by atoms with van der Waals surface area (Å²) in [6.45, 7) is -0.230. The summed E-state index contributed by atoms with van der Waals surface area (Å²) in [5.41, 5.74) is -0.653. The molecule has 8 nitrogen and oxygen atoms in total. The summed E-state index contributed by atoms with van der Waals surface area (Å²) in [6, 6.07) is 6.32. The van der Waals surface area contributed by atoms with Gasteiger partial charge in [0.05, 0.1) is 17.9 Å². The quantitative estimate of drug-likeness (QED) is 0.705. The summed E-state index contributed by atoms with van der Waals surface area (Å²) >= 11 is 5.90. The molecule has 1 aromatic carbocycles. The molecule has 0 saturated heterocycles. The van der Waals surface area contributed by atoms with Crippen molar-refractivity contribution >= 4 is 23.6 Å². The molecule has 140 valence electrons. The molecule has 0 aliphatic carbocycles. The largest absolute Gasteiger partial charge is 0.435 e. The highest BCUT2D eigenvalue weighted by atomic mass is 35.5. The highest BCUT2D eigenvalue weighted by molar-refractivity contribution is 6.30. The van der Waals surface area contributed by atoms with Gasteiger partial charge in [-0.15, -0.1) is 0 Å². The minimum absolute atomic E-state index is 0.00169. The number of anilines is 1. The predicted molar refractivity (Wildman–Crippen MR) is 89.3 cm³/mol. The molecule has 2 N–H and O–H groups in total. The fraction of sp³-hybridized carbons (Fsp3) is 0.133. The van der Waals surface area contributed by atoms with Crippen LogP contribution in [-0.4, -0.2) is 30.8 Å². The first-order valence-corrected chi connectivity index (χ1v) is 7.79. The van der Waals surface area contributed by atoms with E-state index in [4.69, 9.17) is 11.6 Å². The van der Waals surface area contributed by atoms with E-state index in [1.54, 1.807) is 18.2 Å². The van der Waals surface area contributed by atoms with Crippen LogP contribution in [0.5, 0.6) is 0 Å². The molecule has 2 heterocycles. The van der Waals surface area contributed by atoms with Crippen LogP contribution in [0.15, 0.2) is 43.0 Å². The summed E-state index contributed by atoms with van der Waals surface area (Å²) in [6.07, 6.45) is -2.26. The van der Waals surface area contributed by atoms with Crippen molar-refractivity contribution in [2.75, 3.05) is 5.32 Å². The third-order valence-corrected chi connectivity index (χ3v) is 3.51. The average molecular weight is 398 g/mol. The Labute approximate surface area is 155 Å². The van der Waals surface area contributed by atoms with E-state index in [1.165, 1.54) is 18.7 Å². The number of rotatable bonds is 4. The Morgan fingerprint density at radius 1 is 1.19 bits per heavy atom. The molecule has 3 rings (SSSR count). The third-order valence-electron chi connectivity index (χ3n) is 3.28. The van der Waals surface area contributed by atoms with Crippen molar-refractivity contribution in [3.63, 3.8) is 0 Å². The Kier molecular flexibility index (Phi) is 5.21. The fourth-order valence-corrected chi connectivity index (χ4v) is 2.32. The number of halogens is 4. The first-order chi connectivity index (χ1) is 12.8. The first-order valence-electron chi connectivity index (χ1n) is 7.42. The van der Waals surface area contributed by atoms with Crippen LogP contribution in [0.4, 0.5) is 23.9 Å². The maximum atomic E-state index is 13.0. The molecule has 3 aromatic rings. The van der Waals surface area contributed by atoms with Crippen LogP contribution in [0.3, 0.4) is 0 Å². The number of hydrogen-bond donors (Lipinski definition) is 2. The van der Waals surface area contributed by atoms with Crippen molar-refractivity contribution in [1.82, 2.24) is 30.0 Å². The third kappa shape index (κ3) is 4.70. The van der Waals surface area contributed by atoms with E-state index in [0.717, 1.165) is 10.7 Å². The number of urea groups is 1. The van der Waals surface area contributed by atoms with Gasteiger partial charge in [-0.25, -0.2) is 24.4 Å². The fourth-order valence-electron chi connectivity index (χ4n) is 2.14. The molecule has 0 radical (unpaired) electrons. The standard InChI is InChI=1S/C15H11ClF3N7O/c16-9-2-1-3-10(4-9)26-11(5-12(25-26)15(17,18)19)6-21-14(27)24-13-22-7-20-8-23-13/h1-5,7-8H,6H2,(H2,20,21,22,23,24,27). The summed E-state index contributed by atoms with van der Waals surface area (Å²) in [5.74, 6) is 0.00169. The van der Waals surface area contributed by atoms with Gasteiger partial charge < -0.3 is 5.32 Å². The molecule has 0 aliphatic rings. The van der Waals surface area contributed by atoms with Gasteiger partial charge in [0.25, 0.3) is 0 Å². The van der Waals surface area contributed by atoms with E-state index in [-0.39, 0.29) is 18.2 Å². The molecule has 0 aliphatic heterocycles. The zero-order valence-corrected chi connectivity index (χ0v) is 14.2. The number of alkyl halides is 3. The van der Waals surface area contributed by atoms with Gasteiger partial charge in [-0.3, -0.25) is 5.32 Å². The van der Waals surface area contributed by atoms with Gasteiger partial charge in [0, 0.05) is 5.02 Å².